The summed E-state index contributed by atoms with van der Waals surface area (Å²) < 4.78 is 6.24. The number of fused-ring (bicyclic) bond motifs is 1. The van der Waals surface area contributed by atoms with Crippen LogP contribution in [0.5, 0.6) is 0 Å². The van der Waals surface area contributed by atoms with Gasteiger partial charge in [0.1, 0.15) is 5.52 Å². The van der Waals surface area contributed by atoms with Gasteiger partial charge in [0, 0.05) is 5.41 Å². The molecule has 0 amide bonds. The quantitative estimate of drug-likeness (QED) is 0.786. The maximum Gasteiger partial charge on any atom is 0.201 e. The van der Waals surface area contributed by atoms with Gasteiger partial charge in [-0.15, -0.1) is 0 Å². The molecule has 4 bridgehead atoms. The van der Waals surface area contributed by atoms with Gasteiger partial charge in [-0.05, 0) is 80.4 Å². The Morgan fingerprint density at radius 1 is 1.10 bits per heavy atom. The molecule has 0 radical (unpaired) electrons. The Morgan fingerprint density at radius 2 is 1.76 bits per heavy atom. The largest absolute Gasteiger partial charge is 0.440 e. The Hall–Kier alpha value is -1.31. The molecule has 110 valence electrons. The minimum absolute atomic E-state index is 0.278. The van der Waals surface area contributed by atoms with Crippen molar-refractivity contribution in [3.05, 3.63) is 29.7 Å². The SMILES string of the molecule is CCc1ccc2oc(C34CC5CC(CC(C5)C3)C4)nc2c1. The van der Waals surface area contributed by atoms with Crippen LogP contribution < -0.4 is 0 Å². The lowest BCUT2D eigenvalue weighted by molar-refractivity contribution is -0.0170. The van der Waals surface area contributed by atoms with Gasteiger partial charge in [-0.3, -0.25) is 0 Å². The lowest BCUT2D eigenvalue weighted by atomic mass is 9.49. The third-order valence-corrected chi connectivity index (χ3v) is 6.35. The molecule has 0 aliphatic heterocycles. The molecule has 0 spiro atoms. The van der Waals surface area contributed by atoms with E-state index in [1.807, 2.05) is 0 Å². The minimum Gasteiger partial charge on any atom is -0.440 e. The van der Waals surface area contributed by atoms with Gasteiger partial charge in [0.15, 0.2) is 5.58 Å². The Bertz CT molecular complexity index is 663. The zero-order chi connectivity index (χ0) is 14.0. The number of hydrogen-bond acceptors (Lipinski definition) is 2. The minimum atomic E-state index is 0.278. The fraction of sp³-hybridized carbons (Fsp3) is 0.632. The Labute approximate surface area is 125 Å². The molecule has 6 rings (SSSR count). The molecular formula is C19H23NO. The van der Waals surface area contributed by atoms with E-state index in [4.69, 9.17) is 9.40 Å². The predicted octanol–water partition coefficient (Wildman–Crippen LogP) is 4.86. The van der Waals surface area contributed by atoms with Gasteiger partial charge in [-0.1, -0.05) is 13.0 Å². The summed E-state index contributed by atoms with van der Waals surface area (Å²) in [5.74, 6) is 3.89. The summed E-state index contributed by atoms with van der Waals surface area (Å²) >= 11 is 0. The van der Waals surface area contributed by atoms with Crippen LogP contribution in [0.3, 0.4) is 0 Å². The standard InChI is InChI=1S/C19H23NO/c1-2-12-3-4-17-16(8-12)20-18(21-17)19-9-13-5-14(10-19)7-15(6-13)11-19/h3-4,8,13-15H,2,5-7,9-11H2,1H3. The van der Waals surface area contributed by atoms with Gasteiger partial charge in [-0.2, -0.15) is 0 Å². The van der Waals surface area contributed by atoms with Crippen molar-refractivity contribution < 1.29 is 4.42 Å². The van der Waals surface area contributed by atoms with Crippen molar-refractivity contribution in [1.82, 2.24) is 4.98 Å². The summed E-state index contributed by atoms with van der Waals surface area (Å²) in [5, 5.41) is 0. The highest BCUT2D eigenvalue weighted by molar-refractivity contribution is 5.73. The van der Waals surface area contributed by atoms with Gasteiger partial charge in [0.25, 0.3) is 0 Å². The van der Waals surface area contributed by atoms with Crippen molar-refractivity contribution in [3.63, 3.8) is 0 Å². The van der Waals surface area contributed by atoms with Crippen LogP contribution in [0.2, 0.25) is 0 Å². The first kappa shape index (κ1) is 12.3. The van der Waals surface area contributed by atoms with E-state index >= 15 is 0 Å². The molecule has 1 aromatic heterocycles. The normalized spacial score (nSPS) is 37.5. The first-order valence-electron chi connectivity index (χ1n) is 8.64. The molecule has 0 saturated heterocycles. The third kappa shape index (κ3) is 1.74. The van der Waals surface area contributed by atoms with E-state index in [-0.39, 0.29) is 5.41 Å². The lowest BCUT2D eigenvalue weighted by Gasteiger charge is -2.55. The second kappa shape index (κ2) is 4.12. The van der Waals surface area contributed by atoms with Crippen LogP contribution in [0.15, 0.2) is 22.6 Å². The summed E-state index contributed by atoms with van der Waals surface area (Å²) in [6, 6.07) is 6.50. The molecule has 0 unspecified atom stereocenters. The average Bonchev–Trinajstić information content (AvgIpc) is 2.89. The third-order valence-electron chi connectivity index (χ3n) is 6.35. The second-order valence-electron chi connectivity index (χ2n) is 7.87. The van der Waals surface area contributed by atoms with E-state index in [2.05, 4.69) is 25.1 Å². The molecule has 4 fully saturated rings. The summed E-state index contributed by atoms with van der Waals surface area (Å²) in [5.41, 5.74) is 3.69. The molecule has 1 aromatic carbocycles. The van der Waals surface area contributed by atoms with E-state index in [0.717, 1.165) is 41.2 Å². The van der Waals surface area contributed by atoms with Crippen molar-refractivity contribution in [2.45, 2.75) is 57.3 Å². The topological polar surface area (TPSA) is 26.0 Å². The first-order chi connectivity index (χ1) is 10.2. The molecule has 4 saturated carbocycles. The van der Waals surface area contributed by atoms with E-state index in [1.54, 1.807) is 0 Å². The number of hydrogen-bond donors (Lipinski definition) is 0. The summed E-state index contributed by atoms with van der Waals surface area (Å²) in [4.78, 5) is 4.94. The van der Waals surface area contributed by atoms with Gasteiger partial charge < -0.3 is 4.42 Å². The first-order valence-corrected chi connectivity index (χ1v) is 8.64. The van der Waals surface area contributed by atoms with Crippen LogP contribution >= 0.6 is 0 Å². The molecule has 4 aliphatic rings. The second-order valence-corrected chi connectivity index (χ2v) is 7.87. The fourth-order valence-electron chi connectivity index (χ4n) is 5.79. The molecular weight excluding hydrogens is 258 g/mol. The fourth-order valence-corrected chi connectivity index (χ4v) is 5.79. The highest BCUT2D eigenvalue weighted by Crippen LogP contribution is 2.60. The monoisotopic (exact) mass is 281 g/mol. The van der Waals surface area contributed by atoms with Gasteiger partial charge in [0.05, 0.1) is 0 Å². The Balaban J connectivity index is 1.60. The predicted molar refractivity (Wildman–Crippen MR) is 83.2 cm³/mol. The van der Waals surface area contributed by atoms with Crippen molar-refractivity contribution in [2.75, 3.05) is 0 Å². The van der Waals surface area contributed by atoms with E-state index in [9.17, 15) is 0 Å². The zero-order valence-electron chi connectivity index (χ0n) is 12.8. The van der Waals surface area contributed by atoms with Crippen LogP contribution in [0.25, 0.3) is 11.1 Å². The molecule has 2 aromatic rings. The van der Waals surface area contributed by atoms with E-state index in [1.165, 1.54) is 44.1 Å². The van der Waals surface area contributed by atoms with Crippen LogP contribution in [0.4, 0.5) is 0 Å². The van der Waals surface area contributed by atoms with Crippen molar-refractivity contribution >= 4 is 11.1 Å². The van der Waals surface area contributed by atoms with Crippen molar-refractivity contribution in [1.29, 1.82) is 0 Å². The number of rotatable bonds is 2. The van der Waals surface area contributed by atoms with Crippen molar-refractivity contribution in [2.24, 2.45) is 17.8 Å². The molecule has 1 heterocycles. The van der Waals surface area contributed by atoms with Crippen LogP contribution in [0.1, 0.15) is 56.9 Å². The van der Waals surface area contributed by atoms with Gasteiger partial charge >= 0.3 is 0 Å². The highest BCUT2D eigenvalue weighted by Gasteiger charge is 2.54. The number of benzene rings is 1. The number of aryl methyl sites for hydroxylation is 1. The average molecular weight is 281 g/mol. The lowest BCUT2D eigenvalue weighted by Crippen LogP contribution is -2.48. The maximum atomic E-state index is 6.24. The molecule has 4 aliphatic carbocycles. The number of aromatic nitrogens is 1. The number of nitrogens with zero attached hydrogens (tertiary/aromatic N) is 1. The highest BCUT2D eigenvalue weighted by atomic mass is 16.3. The Morgan fingerprint density at radius 3 is 2.38 bits per heavy atom. The number of oxazole rings is 1. The van der Waals surface area contributed by atoms with Crippen molar-refractivity contribution in [3.8, 4) is 0 Å². The molecule has 0 N–H and O–H groups in total. The Kier molecular flexibility index (Phi) is 2.40. The molecule has 2 nitrogen and oxygen atoms in total. The van der Waals surface area contributed by atoms with Crippen LogP contribution in [-0.4, -0.2) is 4.98 Å². The van der Waals surface area contributed by atoms with E-state index in [0.29, 0.717) is 0 Å². The van der Waals surface area contributed by atoms with Gasteiger partial charge in [0.2, 0.25) is 5.89 Å². The molecule has 2 heteroatoms. The maximum absolute atomic E-state index is 6.24. The molecule has 0 atom stereocenters. The summed E-state index contributed by atoms with van der Waals surface area (Å²) in [6.45, 7) is 2.20. The smallest absolute Gasteiger partial charge is 0.201 e. The zero-order valence-corrected chi connectivity index (χ0v) is 12.8. The van der Waals surface area contributed by atoms with Gasteiger partial charge in [-0.25, -0.2) is 4.98 Å². The summed E-state index contributed by atoms with van der Waals surface area (Å²) in [6.07, 6.45) is 9.46. The van der Waals surface area contributed by atoms with E-state index < -0.39 is 0 Å². The van der Waals surface area contributed by atoms with Crippen LogP contribution in [-0.2, 0) is 11.8 Å². The van der Waals surface area contributed by atoms with Crippen LogP contribution in [0, 0.1) is 17.8 Å². The summed E-state index contributed by atoms with van der Waals surface area (Å²) in [7, 11) is 0. The molecule has 21 heavy (non-hydrogen) atoms.